The van der Waals surface area contributed by atoms with E-state index in [-0.39, 0.29) is 37.2 Å². The zero-order valence-corrected chi connectivity index (χ0v) is 16.7. The van der Waals surface area contributed by atoms with Crippen molar-refractivity contribution in [2.24, 2.45) is 17.8 Å². The van der Waals surface area contributed by atoms with Gasteiger partial charge < -0.3 is 37.2 Å². The summed E-state index contributed by atoms with van der Waals surface area (Å²) < 4.78 is 0. The van der Waals surface area contributed by atoms with Crippen LogP contribution in [0.4, 0.5) is 0 Å². The van der Waals surface area contributed by atoms with Crippen molar-refractivity contribution < 1.29 is 37.2 Å². The first-order valence-electron chi connectivity index (χ1n) is 5.91. The summed E-state index contributed by atoms with van der Waals surface area (Å²) in [4.78, 5) is 0. The number of hydrogen-bond donors (Lipinski definition) is 0. The molecule has 0 fully saturated rings. The fraction of sp³-hybridized carbons (Fsp3) is 1.00. The van der Waals surface area contributed by atoms with Crippen LogP contribution >= 0.6 is 0 Å². The molecule has 0 rings (SSSR count). The molecule has 0 nitrogen and oxygen atoms in total. The van der Waals surface area contributed by atoms with Gasteiger partial charge in [-0.05, 0) is 0 Å². The van der Waals surface area contributed by atoms with Gasteiger partial charge in [0.1, 0.15) is 0 Å². The third-order valence-corrected chi connectivity index (χ3v) is 5.24. The molecule has 0 aromatic carbocycles. The Bertz CT molecular complexity index is 102. The van der Waals surface area contributed by atoms with E-state index in [1.165, 1.54) is 15.8 Å². The molecule has 0 aromatic rings. The summed E-state index contributed by atoms with van der Waals surface area (Å²) in [6, 6.07) is 0. The van der Waals surface area contributed by atoms with Crippen LogP contribution in [-0.4, -0.2) is 31.5 Å². The molecule has 0 aromatic heterocycles. The van der Waals surface area contributed by atoms with Gasteiger partial charge in [-0.25, -0.2) is 0 Å². The Morgan fingerprint density at radius 3 is 1.06 bits per heavy atom. The Hall–Kier alpha value is 1.93. The number of rotatable bonds is 5. The van der Waals surface area contributed by atoms with Gasteiger partial charge in [-0.2, -0.15) is 0 Å². The molecule has 0 saturated heterocycles. The fourth-order valence-electron chi connectivity index (χ4n) is 0.763. The molecule has 0 spiro atoms. The minimum atomic E-state index is 0. The quantitative estimate of drug-likeness (QED) is 0.443. The second kappa shape index (κ2) is 23.1. The van der Waals surface area contributed by atoms with Gasteiger partial charge >= 0.3 is 107 Å². The zero-order chi connectivity index (χ0) is 11.6. The normalized spacial score (nSPS) is 8.41. The Morgan fingerprint density at radius 2 is 0.941 bits per heavy atom. The van der Waals surface area contributed by atoms with E-state index >= 15 is 0 Å². The molecule has 0 heterocycles. The first-order valence-corrected chi connectivity index (χ1v) is 8.36. The van der Waals surface area contributed by atoms with Crippen molar-refractivity contribution in [3.63, 3.8) is 0 Å². The maximum absolute atomic E-state index is 2.69. The Morgan fingerprint density at radius 1 is 0.706 bits per heavy atom. The van der Waals surface area contributed by atoms with Gasteiger partial charge in [0.25, 0.3) is 0 Å². The largest absolute Gasteiger partial charge is 1.00 e. The molecule has 0 N–H and O–H groups in total. The van der Waals surface area contributed by atoms with Gasteiger partial charge in [-0.15, -0.1) is 0 Å². The molecule has 0 atom stereocenters. The standard InChI is InChI=1S/3C4H9.2Al.3ClH/c3*1-4(2)3;;;;;/h3*4H,1H2,2-3H3;;;3*1H/q;;;+1;+2;;;/p-3. The van der Waals surface area contributed by atoms with Crippen molar-refractivity contribution in [3.05, 3.63) is 0 Å². The van der Waals surface area contributed by atoms with Crippen LogP contribution in [0, 0.1) is 17.8 Å². The van der Waals surface area contributed by atoms with Gasteiger partial charge in [-0.3, -0.25) is 0 Å². The van der Waals surface area contributed by atoms with Gasteiger partial charge in [-0.1, -0.05) is 0 Å². The second-order valence-corrected chi connectivity index (χ2v) is 7.17. The monoisotopic (exact) mass is 330 g/mol. The van der Waals surface area contributed by atoms with Gasteiger partial charge in [0.15, 0.2) is 0 Å². The van der Waals surface area contributed by atoms with E-state index in [0.717, 1.165) is 33.0 Å². The van der Waals surface area contributed by atoms with Crippen molar-refractivity contribution in [3.8, 4) is 0 Å². The van der Waals surface area contributed by atoms with E-state index in [0.29, 0.717) is 0 Å². The van der Waals surface area contributed by atoms with Crippen LogP contribution in [0.25, 0.3) is 0 Å². The van der Waals surface area contributed by atoms with Crippen LogP contribution in [0.3, 0.4) is 0 Å². The van der Waals surface area contributed by atoms with Crippen molar-refractivity contribution in [1.29, 1.82) is 0 Å². The summed E-state index contributed by atoms with van der Waals surface area (Å²) in [6.07, 6.45) is 0. The Kier molecular flexibility index (Phi) is 42.5. The average molecular weight is 332 g/mol. The summed E-state index contributed by atoms with van der Waals surface area (Å²) in [5.74, 6) is 2.71. The molecular formula is C12H27Al2Cl3. The molecular weight excluding hydrogens is 304 g/mol. The van der Waals surface area contributed by atoms with Crippen LogP contribution in [0.1, 0.15) is 41.5 Å². The summed E-state index contributed by atoms with van der Waals surface area (Å²) in [5, 5.41) is 4.19. The van der Waals surface area contributed by atoms with E-state index in [2.05, 4.69) is 57.8 Å². The fourth-order valence-corrected chi connectivity index (χ4v) is 2.29. The average Bonchev–Trinajstić information content (AvgIpc) is 2.04. The van der Waals surface area contributed by atoms with Crippen molar-refractivity contribution in [2.75, 3.05) is 0 Å². The molecule has 0 radical (unpaired) electrons. The maximum Gasteiger partial charge on any atom is -1.00 e. The first-order chi connectivity index (χ1) is 6.40. The van der Waals surface area contributed by atoms with E-state index in [4.69, 9.17) is 0 Å². The van der Waals surface area contributed by atoms with Crippen LogP contribution in [0.15, 0.2) is 0 Å². The van der Waals surface area contributed by atoms with Crippen LogP contribution < -0.4 is 37.2 Å². The van der Waals surface area contributed by atoms with E-state index < -0.39 is 0 Å². The maximum atomic E-state index is 2.69. The molecule has 5 heteroatoms. The van der Waals surface area contributed by atoms with Crippen LogP contribution in [0.2, 0.25) is 15.8 Å². The van der Waals surface area contributed by atoms with Gasteiger partial charge in [0, 0.05) is 0 Å². The molecule has 0 aliphatic rings. The summed E-state index contributed by atoms with van der Waals surface area (Å²) in [7, 11) is 0. The smallest absolute Gasteiger partial charge is 1.00 e. The molecule has 102 valence electrons. The summed E-state index contributed by atoms with van der Waals surface area (Å²) >= 11 is 3.45. The summed E-state index contributed by atoms with van der Waals surface area (Å²) in [6.45, 7) is 13.7. The third kappa shape index (κ3) is 46.1. The predicted octanol–water partition coefficient (Wildman–Crippen LogP) is -4.92. The van der Waals surface area contributed by atoms with Crippen LogP contribution in [-0.2, 0) is 0 Å². The minimum absolute atomic E-state index is 0. The van der Waals surface area contributed by atoms with Crippen LogP contribution in [0.5, 0.6) is 0 Å². The second-order valence-electron chi connectivity index (χ2n) is 5.18. The third-order valence-electron chi connectivity index (χ3n) is 1.75. The predicted molar refractivity (Wildman–Crippen MR) is 70.4 cm³/mol. The molecule has 0 aliphatic heterocycles. The van der Waals surface area contributed by atoms with E-state index in [1.807, 2.05) is 0 Å². The topological polar surface area (TPSA) is 0 Å². The minimum Gasteiger partial charge on any atom is -1.00 e. The first kappa shape index (κ1) is 31.4. The number of hydrogen-bond acceptors (Lipinski definition) is 0. The zero-order valence-electron chi connectivity index (χ0n) is 12.1. The van der Waals surface area contributed by atoms with E-state index in [9.17, 15) is 0 Å². The molecule has 0 bridgehead atoms. The Labute approximate surface area is 143 Å². The van der Waals surface area contributed by atoms with E-state index in [1.54, 1.807) is 0 Å². The molecule has 0 amide bonds. The van der Waals surface area contributed by atoms with Crippen molar-refractivity contribution in [2.45, 2.75) is 57.4 Å². The molecule has 17 heavy (non-hydrogen) atoms. The molecule has 0 unspecified atom stereocenters. The molecule has 0 saturated carbocycles. The van der Waals surface area contributed by atoms with Gasteiger partial charge in [0.05, 0.1) is 0 Å². The molecule has 0 aliphatic carbocycles. The SMILES string of the molecule is CC(C)[CH2][Al+2].CC(C)[CH2][Al+][CH2]C(C)C.[Cl-].[Cl-].[Cl-]. The summed E-state index contributed by atoms with van der Waals surface area (Å²) in [5.41, 5.74) is 0. The number of halogens is 3. The van der Waals surface area contributed by atoms with Crippen molar-refractivity contribution >= 4 is 31.5 Å². The van der Waals surface area contributed by atoms with Gasteiger partial charge in [0.2, 0.25) is 0 Å². The Balaban J connectivity index is -0.0000000533. The van der Waals surface area contributed by atoms with Crippen molar-refractivity contribution in [1.82, 2.24) is 0 Å².